The number of aromatic nitrogens is 2. The summed E-state index contributed by atoms with van der Waals surface area (Å²) in [6.07, 6.45) is 1.20. The number of carbonyl (C=O) groups excluding carboxylic acids is 1. The van der Waals surface area contributed by atoms with E-state index in [-0.39, 0.29) is 0 Å². The molecule has 21 heavy (non-hydrogen) atoms. The van der Waals surface area contributed by atoms with E-state index in [0.717, 1.165) is 6.92 Å². The largest absolute Gasteiger partial charge is 0.479 e. The molecule has 1 unspecified atom stereocenters. The molecule has 1 atom stereocenters. The number of benzene rings is 1. The molecule has 0 saturated heterocycles. The van der Waals surface area contributed by atoms with Gasteiger partial charge in [0.05, 0.1) is 6.54 Å². The highest BCUT2D eigenvalue weighted by Gasteiger charge is 2.30. The van der Waals surface area contributed by atoms with Gasteiger partial charge in [-0.15, -0.1) is 10.2 Å². The molecule has 0 aliphatic carbocycles. The first-order valence-corrected chi connectivity index (χ1v) is 6.01. The number of nitrogens with one attached hydrogen (secondary N) is 1. The molecular formula is C13H13N3O5. The summed E-state index contributed by atoms with van der Waals surface area (Å²) in [5.74, 6) is -1.57. The van der Waals surface area contributed by atoms with Crippen molar-refractivity contribution in [2.75, 3.05) is 6.54 Å². The fourth-order valence-electron chi connectivity index (χ4n) is 1.49. The van der Waals surface area contributed by atoms with Crippen molar-refractivity contribution in [3.8, 4) is 11.5 Å². The van der Waals surface area contributed by atoms with Gasteiger partial charge in [0.1, 0.15) is 0 Å². The number of rotatable bonds is 5. The lowest BCUT2D eigenvalue weighted by Crippen LogP contribution is -2.46. The molecule has 0 bridgehead atoms. The lowest BCUT2D eigenvalue weighted by atomic mass is 10.1. The monoisotopic (exact) mass is 291 g/mol. The molecule has 8 nitrogen and oxygen atoms in total. The highest BCUT2D eigenvalue weighted by molar-refractivity contribution is 5.95. The van der Waals surface area contributed by atoms with Gasteiger partial charge in [-0.3, -0.25) is 4.79 Å². The van der Waals surface area contributed by atoms with Gasteiger partial charge in [-0.05, 0) is 31.2 Å². The van der Waals surface area contributed by atoms with E-state index in [1.807, 2.05) is 0 Å². The number of nitrogens with zero attached hydrogens (tertiary/aromatic N) is 2. The Morgan fingerprint density at radius 2 is 2.00 bits per heavy atom. The Hall–Kier alpha value is -2.74. The third kappa shape index (κ3) is 3.42. The van der Waals surface area contributed by atoms with Crippen molar-refractivity contribution >= 4 is 11.9 Å². The van der Waals surface area contributed by atoms with E-state index >= 15 is 0 Å². The molecule has 0 spiro atoms. The summed E-state index contributed by atoms with van der Waals surface area (Å²) in [6.45, 7) is 0.709. The van der Waals surface area contributed by atoms with E-state index in [2.05, 4.69) is 15.5 Å². The van der Waals surface area contributed by atoms with Crippen LogP contribution in [-0.2, 0) is 4.79 Å². The topological polar surface area (TPSA) is 126 Å². The van der Waals surface area contributed by atoms with Gasteiger partial charge >= 0.3 is 5.97 Å². The van der Waals surface area contributed by atoms with Crippen LogP contribution in [0.15, 0.2) is 35.1 Å². The molecule has 0 aliphatic rings. The molecule has 1 aromatic carbocycles. The summed E-state index contributed by atoms with van der Waals surface area (Å²) >= 11 is 0. The Balaban J connectivity index is 2.02. The van der Waals surface area contributed by atoms with Crippen LogP contribution in [0.5, 0.6) is 0 Å². The summed E-state index contributed by atoms with van der Waals surface area (Å²) < 4.78 is 5.02. The smallest absolute Gasteiger partial charge is 0.337 e. The first-order chi connectivity index (χ1) is 9.90. The van der Waals surface area contributed by atoms with E-state index in [1.165, 1.54) is 18.5 Å². The highest BCUT2D eigenvalue weighted by atomic mass is 16.4. The van der Waals surface area contributed by atoms with Crippen LogP contribution >= 0.6 is 0 Å². The van der Waals surface area contributed by atoms with Gasteiger partial charge in [-0.2, -0.15) is 0 Å². The van der Waals surface area contributed by atoms with E-state index in [9.17, 15) is 14.7 Å². The quantitative estimate of drug-likeness (QED) is 0.723. The Kier molecular flexibility index (Phi) is 3.99. The molecule has 1 aromatic heterocycles. The number of carboxylic acid groups (broad SMARTS) is 1. The van der Waals surface area contributed by atoms with Gasteiger partial charge in [-0.25, -0.2) is 4.79 Å². The number of amides is 1. The minimum absolute atomic E-state index is 0.319. The van der Waals surface area contributed by atoms with Crippen LogP contribution in [0.25, 0.3) is 11.5 Å². The molecule has 2 rings (SSSR count). The van der Waals surface area contributed by atoms with E-state index in [0.29, 0.717) is 17.0 Å². The highest BCUT2D eigenvalue weighted by Crippen LogP contribution is 2.16. The predicted octanol–water partition coefficient (Wildman–Crippen LogP) is 0.302. The second-order valence-corrected chi connectivity index (χ2v) is 4.58. The van der Waals surface area contributed by atoms with Crippen molar-refractivity contribution in [3.63, 3.8) is 0 Å². The Labute approximate surface area is 119 Å². The number of carboxylic acids is 1. The summed E-state index contributed by atoms with van der Waals surface area (Å²) in [7, 11) is 0. The molecule has 110 valence electrons. The summed E-state index contributed by atoms with van der Waals surface area (Å²) in [6, 6.07) is 6.31. The van der Waals surface area contributed by atoms with Gasteiger partial charge in [0.15, 0.2) is 5.60 Å². The van der Waals surface area contributed by atoms with Crippen molar-refractivity contribution in [2.24, 2.45) is 0 Å². The van der Waals surface area contributed by atoms with Gasteiger partial charge in [-0.1, -0.05) is 0 Å². The summed E-state index contributed by atoms with van der Waals surface area (Å²) in [5, 5.41) is 27.9. The van der Waals surface area contributed by atoms with Crippen molar-refractivity contribution in [3.05, 3.63) is 36.2 Å². The summed E-state index contributed by atoms with van der Waals surface area (Å²) in [4.78, 5) is 22.6. The average molecular weight is 291 g/mol. The minimum atomic E-state index is -2.01. The third-order valence-corrected chi connectivity index (χ3v) is 2.81. The zero-order valence-corrected chi connectivity index (χ0v) is 11.1. The van der Waals surface area contributed by atoms with Gasteiger partial charge in [0, 0.05) is 11.1 Å². The number of hydrogen-bond donors (Lipinski definition) is 3. The van der Waals surface area contributed by atoms with Crippen LogP contribution in [-0.4, -0.2) is 44.4 Å². The lowest BCUT2D eigenvalue weighted by molar-refractivity contribution is -0.155. The molecule has 0 saturated carbocycles. The molecule has 0 fully saturated rings. The molecule has 8 heteroatoms. The fourth-order valence-corrected chi connectivity index (χ4v) is 1.49. The molecular weight excluding hydrogens is 278 g/mol. The Bertz CT molecular complexity index is 634. The van der Waals surface area contributed by atoms with E-state index in [1.54, 1.807) is 12.1 Å². The van der Waals surface area contributed by atoms with E-state index in [4.69, 9.17) is 9.52 Å². The Morgan fingerprint density at radius 1 is 1.33 bits per heavy atom. The second-order valence-electron chi connectivity index (χ2n) is 4.58. The lowest BCUT2D eigenvalue weighted by Gasteiger charge is -2.18. The molecule has 0 aliphatic heterocycles. The normalized spacial score (nSPS) is 13.4. The fraction of sp³-hybridized carbons (Fsp3) is 0.231. The predicted molar refractivity (Wildman–Crippen MR) is 70.3 cm³/mol. The van der Waals surface area contributed by atoms with Crippen LogP contribution < -0.4 is 5.32 Å². The molecule has 0 radical (unpaired) electrons. The first kappa shape index (κ1) is 14.7. The number of aliphatic hydroxyl groups is 1. The van der Waals surface area contributed by atoms with Crippen LogP contribution in [0, 0.1) is 0 Å². The van der Waals surface area contributed by atoms with Crippen molar-refractivity contribution < 1.29 is 24.2 Å². The third-order valence-electron chi connectivity index (χ3n) is 2.81. The maximum atomic E-state index is 11.8. The van der Waals surface area contributed by atoms with Crippen LogP contribution in [0.4, 0.5) is 0 Å². The van der Waals surface area contributed by atoms with Crippen molar-refractivity contribution in [1.29, 1.82) is 0 Å². The SMILES string of the molecule is CC(O)(CNC(=O)c1ccc(-c2nnco2)cc1)C(=O)O. The maximum absolute atomic E-state index is 11.8. The number of carbonyl (C=O) groups is 2. The van der Waals surface area contributed by atoms with Crippen molar-refractivity contribution in [1.82, 2.24) is 15.5 Å². The van der Waals surface area contributed by atoms with Crippen LogP contribution in [0.3, 0.4) is 0 Å². The average Bonchev–Trinajstić information content (AvgIpc) is 2.99. The molecule has 2 aromatic rings. The first-order valence-electron chi connectivity index (χ1n) is 6.01. The molecule has 3 N–H and O–H groups in total. The summed E-state index contributed by atoms with van der Waals surface area (Å²) in [5.41, 5.74) is -1.04. The standard InChI is InChI=1S/C13H13N3O5/c1-13(20,12(18)19)6-14-10(17)8-2-4-9(5-3-8)11-16-15-7-21-11/h2-5,7,20H,6H2,1H3,(H,14,17)(H,18,19). The zero-order chi connectivity index (χ0) is 15.5. The van der Waals surface area contributed by atoms with Gasteiger partial charge in [0.2, 0.25) is 12.3 Å². The van der Waals surface area contributed by atoms with Gasteiger partial charge < -0.3 is 19.9 Å². The molecule has 1 heterocycles. The van der Waals surface area contributed by atoms with Crippen LogP contribution in [0.2, 0.25) is 0 Å². The van der Waals surface area contributed by atoms with Gasteiger partial charge in [0.25, 0.3) is 5.91 Å². The van der Waals surface area contributed by atoms with Crippen LogP contribution in [0.1, 0.15) is 17.3 Å². The van der Waals surface area contributed by atoms with E-state index < -0.39 is 24.0 Å². The number of aliphatic carboxylic acids is 1. The second kappa shape index (κ2) is 5.71. The zero-order valence-electron chi connectivity index (χ0n) is 11.1. The number of hydrogen-bond acceptors (Lipinski definition) is 6. The molecule has 1 amide bonds. The van der Waals surface area contributed by atoms with Crippen molar-refractivity contribution in [2.45, 2.75) is 12.5 Å². The maximum Gasteiger partial charge on any atom is 0.337 e. The minimum Gasteiger partial charge on any atom is -0.479 e. The Morgan fingerprint density at radius 3 is 2.52 bits per heavy atom.